The van der Waals surface area contributed by atoms with Crippen molar-refractivity contribution in [1.82, 2.24) is 9.97 Å². The van der Waals surface area contributed by atoms with Gasteiger partial charge in [0, 0.05) is 24.6 Å². The van der Waals surface area contributed by atoms with Gasteiger partial charge in [0.1, 0.15) is 5.82 Å². The van der Waals surface area contributed by atoms with Gasteiger partial charge in [0.2, 0.25) is 0 Å². The van der Waals surface area contributed by atoms with Crippen molar-refractivity contribution in [2.45, 2.75) is 18.0 Å². The summed E-state index contributed by atoms with van der Waals surface area (Å²) in [4.78, 5) is 8.98. The first-order valence-electron chi connectivity index (χ1n) is 6.62. The molecule has 0 amide bonds. The maximum Gasteiger partial charge on any atom is 0.190 e. The second-order valence-electron chi connectivity index (χ2n) is 4.46. The molecule has 106 valence electrons. The van der Waals surface area contributed by atoms with Gasteiger partial charge in [-0.1, -0.05) is 23.9 Å². The van der Waals surface area contributed by atoms with Crippen molar-refractivity contribution in [1.29, 1.82) is 10.5 Å². The normalized spacial score (nSPS) is 11.6. The highest BCUT2D eigenvalue weighted by Gasteiger charge is 2.11. The summed E-state index contributed by atoms with van der Waals surface area (Å²) in [6.45, 7) is 0. The zero-order valence-corrected chi connectivity index (χ0v) is 12.5. The predicted octanol–water partition coefficient (Wildman–Crippen LogP) is 3.21. The van der Waals surface area contributed by atoms with E-state index in [1.165, 1.54) is 11.8 Å². The summed E-state index contributed by atoms with van der Waals surface area (Å²) < 4.78 is 0. The van der Waals surface area contributed by atoms with Crippen molar-refractivity contribution in [2.75, 3.05) is 18.1 Å². The van der Waals surface area contributed by atoms with Crippen LogP contribution in [0.4, 0.5) is 5.82 Å². The van der Waals surface area contributed by atoms with E-state index in [9.17, 15) is 0 Å². The van der Waals surface area contributed by atoms with E-state index in [-0.39, 0.29) is 5.92 Å². The van der Waals surface area contributed by atoms with Crippen molar-refractivity contribution in [3.63, 3.8) is 0 Å². The molecule has 21 heavy (non-hydrogen) atoms. The van der Waals surface area contributed by atoms with Crippen molar-refractivity contribution in [2.24, 2.45) is 5.92 Å². The fraction of sp³-hybridized carbons (Fsp3) is 0.333. The molecule has 1 unspecified atom stereocenters. The van der Waals surface area contributed by atoms with Gasteiger partial charge in [-0.25, -0.2) is 9.97 Å². The largest absolute Gasteiger partial charge is 0.372 e. The molecule has 1 atom stereocenters. The topological polar surface area (TPSA) is 85.4 Å². The molecule has 1 aromatic heterocycles. The predicted molar refractivity (Wildman–Crippen MR) is 83.8 cm³/mol. The maximum atomic E-state index is 9.08. The van der Waals surface area contributed by atoms with Gasteiger partial charge in [-0.2, -0.15) is 10.5 Å². The zero-order chi connectivity index (χ0) is 15.1. The number of benzene rings is 1. The molecule has 0 fully saturated rings. The summed E-state index contributed by atoms with van der Waals surface area (Å²) in [5, 5.41) is 22.4. The van der Waals surface area contributed by atoms with Crippen LogP contribution in [-0.2, 0) is 0 Å². The molecule has 2 rings (SSSR count). The van der Waals surface area contributed by atoms with Gasteiger partial charge in [-0.3, -0.25) is 0 Å². The first-order valence-corrected chi connectivity index (χ1v) is 7.61. The van der Waals surface area contributed by atoms with E-state index in [4.69, 9.17) is 10.5 Å². The average molecular weight is 297 g/mol. The van der Waals surface area contributed by atoms with Gasteiger partial charge >= 0.3 is 0 Å². The lowest BCUT2D eigenvalue weighted by atomic mass is 10.1. The second kappa shape index (κ2) is 7.47. The van der Waals surface area contributed by atoms with E-state index in [1.807, 2.05) is 31.3 Å². The third-order valence-electron chi connectivity index (χ3n) is 3.02. The van der Waals surface area contributed by atoms with Crippen molar-refractivity contribution < 1.29 is 0 Å². The number of fused-ring (bicyclic) bond motifs is 1. The molecule has 0 bridgehead atoms. The smallest absolute Gasteiger partial charge is 0.190 e. The van der Waals surface area contributed by atoms with Crippen LogP contribution in [0.2, 0.25) is 0 Å². The van der Waals surface area contributed by atoms with Gasteiger partial charge in [0.25, 0.3) is 0 Å². The summed E-state index contributed by atoms with van der Waals surface area (Å²) in [7, 11) is 1.83. The molecule has 0 aliphatic carbocycles. The summed E-state index contributed by atoms with van der Waals surface area (Å²) in [5.41, 5.74) is 0.880. The van der Waals surface area contributed by atoms with Gasteiger partial charge in [-0.05, 0) is 18.6 Å². The highest BCUT2D eigenvalue weighted by atomic mass is 32.2. The lowest BCUT2D eigenvalue weighted by Gasteiger charge is -2.09. The third kappa shape index (κ3) is 3.84. The Bertz CT molecular complexity index is 701. The Morgan fingerprint density at radius 2 is 2.10 bits per heavy atom. The Morgan fingerprint density at radius 1 is 1.29 bits per heavy atom. The van der Waals surface area contributed by atoms with Gasteiger partial charge in [0.15, 0.2) is 5.16 Å². The van der Waals surface area contributed by atoms with Crippen LogP contribution in [0.25, 0.3) is 10.9 Å². The van der Waals surface area contributed by atoms with E-state index < -0.39 is 0 Å². The minimum absolute atomic E-state index is 0.150. The standard InChI is InChI=1S/C15H15N5S/c1-18-14-12-6-2-3-7-13(12)19-15(20-14)21-10-11(9-17)5-4-8-16/h2-3,6-7,11H,4-5,10H2,1H3,(H,18,19,20). The molecule has 2 aromatic rings. The Morgan fingerprint density at radius 3 is 2.81 bits per heavy atom. The Kier molecular flexibility index (Phi) is 5.36. The van der Waals surface area contributed by atoms with Crippen molar-refractivity contribution in [3.05, 3.63) is 24.3 Å². The lowest BCUT2D eigenvalue weighted by Crippen LogP contribution is -2.03. The minimum atomic E-state index is -0.150. The number of para-hydroxylation sites is 1. The van der Waals surface area contributed by atoms with Crippen LogP contribution in [0.3, 0.4) is 0 Å². The second-order valence-corrected chi connectivity index (χ2v) is 5.44. The monoisotopic (exact) mass is 297 g/mol. The number of hydrogen-bond donors (Lipinski definition) is 1. The molecule has 0 saturated heterocycles. The number of hydrogen-bond acceptors (Lipinski definition) is 6. The molecule has 0 aliphatic rings. The summed E-state index contributed by atoms with van der Waals surface area (Å²) in [6.07, 6.45) is 0.992. The zero-order valence-electron chi connectivity index (χ0n) is 11.7. The fourth-order valence-electron chi connectivity index (χ4n) is 1.91. The van der Waals surface area contributed by atoms with Crippen LogP contribution in [0.15, 0.2) is 29.4 Å². The number of nitriles is 2. The van der Waals surface area contributed by atoms with Gasteiger partial charge in [-0.15, -0.1) is 0 Å². The van der Waals surface area contributed by atoms with E-state index >= 15 is 0 Å². The molecule has 0 aliphatic heterocycles. The molecule has 1 N–H and O–H groups in total. The molecule has 1 aromatic carbocycles. The molecule has 0 saturated carbocycles. The van der Waals surface area contributed by atoms with Gasteiger partial charge < -0.3 is 5.32 Å². The molecule has 6 heteroatoms. The summed E-state index contributed by atoms with van der Waals surface area (Å²) in [5.74, 6) is 1.23. The van der Waals surface area contributed by atoms with Crippen LogP contribution in [0.5, 0.6) is 0 Å². The lowest BCUT2D eigenvalue weighted by molar-refractivity contribution is 0.684. The first kappa shape index (κ1) is 15.1. The Balaban J connectivity index is 2.16. The maximum absolute atomic E-state index is 9.08. The number of rotatable bonds is 6. The van der Waals surface area contributed by atoms with Crippen LogP contribution in [0, 0.1) is 28.6 Å². The Hall–Kier alpha value is -2.31. The molecule has 5 nitrogen and oxygen atoms in total. The number of nitrogens with zero attached hydrogens (tertiary/aromatic N) is 4. The van der Waals surface area contributed by atoms with Gasteiger partial charge in [0.05, 0.1) is 23.6 Å². The van der Waals surface area contributed by atoms with Crippen molar-refractivity contribution >= 4 is 28.5 Å². The summed E-state index contributed by atoms with van der Waals surface area (Å²) >= 11 is 1.45. The van der Waals surface area contributed by atoms with E-state index in [1.54, 1.807) is 0 Å². The fourth-order valence-corrected chi connectivity index (χ4v) is 2.82. The van der Waals surface area contributed by atoms with Crippen molar-refractivity contribution in [3.8, 4) is 12.1 Å². The molecule has 0 spiro atoms. The number of nitrogens with one attached hydrogen (secondary N) is 1. The first-order chi connectivity index (χ1) is 10.3. The SMILES string of the molecule is CNc1nc(SCC(C#N)CCC#N)nc2ccccc12. The highest BCUT2D eigenvalue weighted by molar-refractivity contribution is 7.99. The van der Waals surface area contributed by atoms with Crippen LogP contribution in [0.1, 0.15) is 12.8 Å². The quantitative estimate of drug-likeness (QED) is 0.651. The molecular formula is C15H15N5S. The third-order valence-corrected chi connectivity index (χ3v) is 4.03. The average Bonchev–Trinajstić information content (AvgIpc) is 2.54. The highest BCUT2D eigenvalue weighted by Crippen LogP contribution is 2.25. The number of thioether (sulfide) groups is 1. The molecule has 0 radical (unpaired) electrons. The number of aromatic nitrogens is 2. The minimum Gasteiger partial charge on any atom is -0.372 e. The Labute approximate surface area is 128 Å². The molecular weight excluding hydrogens is 282 g/mol. The van der Waals surface area contributed by atoms with E-state index in [0.29, 0.717) is 23.8 Å². The molecule has 1 heterocycles. The van der Waals surface area contributed by atoms with E-state index in [2.05, 4.69) is 27.4 Å². The summed E-state index contributed by atoms with van der Waals surface area (Å²) in [6, 6.07) is 12.1. The van der Waals surface area contributed by atoms with Crippen LogP contribution >= 0.6 is 11.8 Å². The van der Waals surface area contributed by atoms with E-state index in [0.717, 1.165) is 16.7 Å². The van der Waals surface area contributed by atoms with Crippen LogP contribution < -0.4 is 5.32 Å². The number of anilines is 1. The van der Waals surface area contributed by atoms with Crippen LogP contribution in [-0.4, -0.2) is 22.8 Å².